The molecule has 0 aliphatic rings. The Labute approximate surface area is 159 Å². The first-order valence-corrected chi connectivity index (χ1v) is 10.2. The summed E-state index contributed by atoms with van der Waals surface area (Å²) in [5.74, 6) is -0.104. The summed E-state index contributed by atoms with van der Waals surface area (Å²) in [4.78, 5) is 12.0. The van der Waals surface area contributed by atoms with E-state index in [1.54, 1.807) is 30.3 Å². The number of ether oxygens (including phenoxy) is 1. The first-order valence-electron chi connectivity index (χ1n) is 8.38. The number of amides is 1. The molecule has 0 saturated heterocycles. The Morgan fingerprint density at radius 3 is 2.59 bits per heavy atom. The summed E-state index contributed by atoms with van der Waals surface area (Å²) >= 11 is 0. The smallest absolute Gasteiger partial charge is 0.224 e. The Morgan fingerprint density at radius 2 is 1.93 bits per heavy atom. The maximum absolute atomic E-state index is 13.2. The van der Waals surface area contributed by atoms with Gasteiger partial charge < -0.3 is 10.1 Å². The molecular weight excluding hydrogens is 371 g/mol. The van der Waals surface area contributed by atoms with Crippen molar-refractivity contribution in [3.63, 3.8) is 0 Å². The number of hydrogen-bond acceptors (Lipinski definition) is 4. The van der Waals surface area contributed by atoms with E-state index >= 15 is 0 Å². The second kappa shape index (κ2) is 9.48. The molecule has 0 aliphatic carbocycles. The molecule has 0 atom stereocenters. The van der Waals surface area contributed by atoms with Crippen LogP contribution in [0.3, 0.4) is 0 Å². The van der Waals surface area contributed by atoms with Crippen molar-refractivity contribution in [2.45, 2.75) is 13.0 Å². The molecule has 146 valence electrons. The molecule has 0 fully saturated rings. The van der Waals surface area contributed by atoms with Gasteiger partial charge in [-0.05, 0) is 23.8 Å². The maximum atomic E-state index is 13.2. The molecule has 0 bridgehead atoms. The van der Waals surface area contributed by atoms with Crippen molar-refractivity contribution in [2.24, 2.45) is 0 Å². The minimum absolute atomic E-state index is 0.0309. The van der Waals surface area contributed by atoms with Crippen molar-refractivity contribution >= 4 is 15.9 Å². The summed E-state index contributed by atoms with van der Waals surface area (Å²) in [7, 11) is -1.95. The highest BCUT2D eigenvalue weighted by molar-refractivity contribution is 7.88. The second-order valence-electron chi connectivity index (χ2n) is 6.07. The van der Waals surface area contributed by atoms with Crippen molar-refractivity contribution in [2.75, 3.05) is 26.5 Å². The van der Waals surface area contributed by atoms with E-state index in [2.05, 4.69) is 5.32 Å². The van der Waals surface area contributed by atoms with Crippen LogP contribution < -0.4 is 10.1 Å². The highest BCUT2D eigenvalue weighted by Gasteiger charge is 2.19. The molecule has 1 amide bonds. The Bertz CT molecular complexity index is 887. The van der Waals surface area contributed by atoms with E-state index < -0.39 is 15.8 Å². The first kappa shape index (κ1) is 20.9. The van der Waals surface area contributed by atoms with E-state index in [4.69, 9.17) is 4.74 Å². The number of nitrogens with one attached hydrogen (secondary N) is 1. The normalized spacial score (nSPS) is 11.4. The lowest BCUT2D eigenvalue weighted by molar-refractivity contribution is -0.120. The van der Waals surface area contributed by atoms with E-state index in [0.29, 0.717) is 11.3 Å². The predicted molar refractivity (Wildman–Crippen MR) is 101 cm³/mol. The number of benzene rings is 2. The molecule has 0 heterocycles. The highest BCUT2D eigenvalue weighted by Crippen LogP contribution is 2.20. The van der Waals surface area contributed by atoms with Gasteiger partial charge in [0, 0.05) is 25.2 Å². The second-order valence-corrected chi connectivity index (χ2v) is 8.05. The molecular formula is C19H23FN2O4S. The third-order valence-electron chi connectivity index (χ3n) is 3.95. The Morgan fingerprint density at radius 1 is 1.19 bits per heavy atom. The van der Waals surface area contributed by atoms with Crippen LogP contribution in [0.25, 0.3) is 0 Å². The molecule has 8 heteroatoms. The van der Waals surface area contributed by atoms with Crippen LogP contribution in [0.4, 0.5) is 4.39 Å². The first-order chi connectivity index (χ1) is 12.8. The monoisotopic (exact) mass is 394 g/mol. The van der Waals surface area contributed by atoms with Gasteiger partial charge in [-0.15, -0.1) is 0 Å². The van der Waals surface area contributed by atoms with Crippen molar-refractivity contribution < 1.29 is 22.3 Å². The minimum Gasteiger partial charge on any atom is -0.496 e. The molecule has 0 saturated carbocycles. The molecule has 2 aromatic rings. The van der Waals surface area contributed by atoms with E-state index in [-0.39, 0.29) is 32.0 Å². The zero-order valence-corrected chi connectivity index (χ0v) is 16.1. The van der Waals surface area contributed by atoms with Gasteiger partial charge in [0.25, 0.3) is 0 Å². The summed E-state index contributed by atoms with van der Waals surface area (Å²) in [5, 5.41) is 2.67. The van der Waals surface area contributed by atoms with Gasteiger partial charge in [-0.1, -0.05) is 30.3 Å². The van der Waals surface area contributed by atoms with Crippen LogP contribution in [-0.2, 0) is 27.8 Å². The molecule has 0 radical (unpaired) electrons. The van der Waals surface area contributed by atoms with Gasteiger partial charge in [0.15, 0.2) is 0 Å². The van der Waals surface area contributed by atoms with Gasteiger partial charge in [-0.2, -0.15) is 4.31 Å². The third kappa shape index (κ3) is 6.65. The van der Waals surface area contributed by atoms with Crippen LogP contribution in [0.2, 0.25) is 0 Å². The fraction of sp³-hybridized carbons (Fsp3) is 0.316. The zero-order chi connectivity index (χ0) is 19.9. The third-order valence-corrected chi connectivity index (χ3v) is 5.20. The van der Waals surface area contributed by atoms with Crippen LogP contribution in [0.15, 0.2) is 48.5 Å². The summed E-state index contributed by atoms with van der Waals surface area (Å²) in [6.45, 7) is 0.407. The molecule has 0 spiro atoms. The molecule has 2 rings (SSSR count). The summed E-state index contributed by atoms with van der Waals surface area (Å²) in [5.41, 5.74) is 1.29. The molecule has 0 unspecified atom stereocenters. The lowest BCUT2D eigenvalue weighted by Crippen LogP contribution is -2.38. The van der Waals surface area contributed by atoms with Crippen LogP contribution in [0.1, 0.15) is 11.1 Å². The Kier molecular flexibility index (Phi) is 7.32. The largest absolute Gasteiger partial charge is 0.496 e. The highest BCUT2D eigenvalue weighted by atomic mass is 32.2. The topological polar surface area (TPSA) is 75.7 Å². The quantitative estimate of drug-likeness (QED) is 0.705. The Balaban J connectivity index is 1.94. The molecule has 6 nitrogen and oxygen atoms in total. The number of carbonyl (C=O) groups excluding carboxylic acids is 1. The predicted octanol–water partition coefficient (Wildman–Crippen LogP) is 1.95. The van der Waals surface area contributed by atoms with E-state index in [9.17, 15) is 17.6 Å². The average Bonchev–Trinajstić information content (AvgIpc) is 2.60. The number of methoxy groups -OCH3 is 1. The average molecular weight is 394 g/mol. The molecule has 2 aromatic carbocycles. The van der Waals surface area contributed by atoms with Crippen molar-refractivity contribution in [1.29, 1.82) is 0 Å². The number of rotatable bonds is 9. The van der Waals surface area contributed by atoms with E-state index in [0.717, 1.165) is 11.8 Å². The van der Waals surface area contributed by atoms with Crippen molar-refractivity contribution in [3.05, 3.63) is 65.5 Å². The zero-order valence-electron chi connectivity index (χ0n) is 15.3. The standard InChI is InChI=1S/C19H23FN2O4S/c1-26-18-9-4-3-7-16(18)14-22(27(2,24)25)11-10-21-19(23)13-15-6-5-8-17(20)12-15/h3-9,12H,10-11,13-14H2,1-2H3,(H,21,23). The summed E-state index contributed by atoms with van der Waals surface area (Å²) in [6.07, 6.45) is 1.15. The van der Waals surface area contributed by atoms with Crippen molar-refractivity contribution in [3.8, 4) is 5.75 Å². The van der Waals surface area contributed by atoms with Gasteiger partial charge in [0.05, 0.1) is 19.8 Å². The summed E-state index contributed by atoms with van der Waals surface area (Å²) in [6, 6.07) is 13.0. The number of hydrogen-bond donors (Lipinski definition) is 1. The summed E-state index contributed by atoms with van der Waals surface area (Å²) < 4.78 is 43.8. The number of halogens is 1. The van der Waals surface area contributed by atoms with Gasteiger partial charge in [-0.3, -0.25) is 4.79 Å². The van der Waals surface area contributed by atoms with Crippen LogP contribution in [0.5, 0.6) is 5.75 Å². The molecule has 0 aliphatic heterocycles. The minimum atomic E-state index is -3.47. The lowest BCUT2D eigenvalue weighted by Gasteiger charge is -2.21. The van der Waals surface area contributed by atoms with Crippen molar-refractivity contribution in [1.82, 2.24) is 9.62 Å². The van der Waals surface area contributed by atoms with Gasteiger partial charge in [0.2, 0.25) is 15.9 Å². The number of sulfonamides is 1. The van der Waals surface area contributed by atoms with Gasteiger partial charge in [-0.25, -0.2) is 12.8 Å². The molecule has 27 heavy (non-hydrogen) atoms. The fourth-order valence-electron chi connectivity index (χ4n) is 2.60. The van der Waals surface area contributed by atoms with Crippen LogP contribution in [0, 0.1) is 5.82 Å². The maximum Gasteiger partial charge on any atom is 0.224 e. The number of carbonyl (C=O) groups is 1. The van der Waals surface area contributed by atoms with Crippen LogP contribution in [-0.4, -0.2) is 45.1 Å². The van der Waals surface area contributed by atoms with E-state index in [1.165, 1.54) is 29.6 Å². The molecule has 0 aromatic heterocycles. The fourth-order valence-corrected chi connectivity index (χ4v) is 3.40. The van der Waals surface area contributed by atoms with Gasteiger partial charge >= 0.3 is 0 Å². The van der Waals surface area contributed by atoms with Crippen LogP contribution >= 0.6 is 0 Å². The SMILES string of the molecule is COc1ccccc1CN(CCNC(=O)Cc1cccc(F)c1)S(C)(=O)=O. The van der Waals surface area contributed by atoms with E-state index in [1.807, 2.05) is 0 Å². The van der Waals surface area contributed by atoms with Gasteiger partial charge in [0.1, 0.15) is 11.6 Å². The molecule has 1 N–H and O–H groups in total. The lowest BCUT2D eigenvalue weighted by atomic mass is 10.1. The number of para-hydroxylation sites is 1. The Hall–Kier alpha value is -2.45. The number of nitrogens with zero attached hydrogens (tertiary/aromatic N) is 1.